The van der Waals surface area contributed by atoms with Gasteiger partial charge in [-0.05, 0) is 30.0 Å². The Labute approximate surface area is 107 Å². The van der Waals surface area contributed by atoms with Gasteiger partial charge < -0.3 is 9.84 Å². The number of pyridine rings is 1. The fourth-order valence-electron chi connectivity index (χ4n) is 2.16. The predicted octanol–water partition coefficient (Wildman–Crippen LogP) is 2.94. The molecule has 0 aliphatic rings. The number of nitrogens with zero attached hydrogens (tertiary/aromatic N) is 1. The first-order chi connectivity index (χ1) is 8.70. The minimum Gasteiger partial charge on any atom is -0.388 e. The third-order valence-electron chi connectivity index (χ3n) is 3.09. The van der Waals surface area contributed by atoms with Gasteiger partial charge in [-0.15, -0.1) is 0 Å². The number of aliphatic hydroxyl groups is 1. The largest absolute Gasteiger partial charge is 0.388 e. The number of rotatable bonds is 5. The molecular formula is C15H19NO2. The molecule has 0 fully saturated rings. The highest BCUT2D eigenvalue weighted by Crippen LogP contribution is 2.24. The van der Waals surface area contributed by atoms with E-state index in [0.29, 0.717) is 18.9 Å². The summed E-state index contributed by atoms with van der Waals surface area (Å²) >= 11 is 0. The molecule has 96 valence electrons. The lowest BCUT2D eigenvalue weighted by molar-refractivity contribution is 0.102. The molecule has 0 aliphatic carbocycles. The molecule has 1 aromatic heterocycles. The van der Waals surface area contributed by atoms with Crippen molar-refractivity contribution in [1.29, 1.82) is 0 Å². The Bertz CT molecular complexity index is 513. The van der Waals surface area contributed by atoms with Crippen molar-refractivity contribution >= 4 is 10.9 Å². The smallest absolute Gasteiger partial charge is 0.0794 e. The number of hydrogen-bond donors (Lipinski definition) is 1. The van der Waals surface area contributed by atoms with Gasteiger partial charge >= 0.3 is 0 Å². The van der Waals surface area contributed by atoms with Crippen molar-refractivity contribution in [1.82, 2.24) is 4.98 Å². The second-order valence-corrected chi connectivity index (χ2v) is 4.77. The van der Waals surface area contributed by atoms with E-state index in [1.54, 1.807) is 13.3 Å². The average Bonchev–Trinajstić information content (AvgIpc) is 2.38. The number of hydrogen-bond acceptors (Lipinski definition) is 3. The van der Waals surface area contributed by atoms with E-state index >= 15 is 0 Å². The predicted molar refractivity (Wildman–Crippen MR) is 72.4 cm³/mol. The van der Waals surface area contributed by atoms with Gasteiger partial charge in [0, 0.05) is 25.3 Å². The van der Waals surface area contributed by atoms with Crippen LogP contribution in [0.1, 0.15) is 25.0 Å². The number of fused-ring (bicyclic) bond motifs is 1. The molecular weight excluding hydrogens is 226 g/mol. The number of benzene rings is 1. The van der Waals surface area contributed by atoms with E-state index in [4.69, 9.17) is 4.74 Å². The van der Waals surface area contributed by atoms with E-state index in [0.717, 1.165) is 16.5 Å². The van der Waals surface area contributed by atoms with Crippen molar-refractivity contribution in [3.63, 3.8) is 0 Å². The van der Waals surface area contributed by atoms with Crippen LogP contribution in [0.15, 0.2) is 36.5 Å². The Balaban J connectivity index is 2.15. The van der Waals surface area contributed by atoms with E-state index < -0.39 is 6.10 Å². The Kier molecular flexibility index (Phi) is 4.28. The van der Waals surface area contributed by atoms with E-state index in [1.165, 1.54) is 0 Å². The summed E-state index contributed by atoms with van der Waals surface area (Å²) < 4.78 is 5.09. The van der Waals surface area contributed by atoms with Crippen LogP contribution >= 0.6 is 0 Å². The summed E-state index contributed by atoms with van der Waals surface area (Å²) in [6, 6.07) is 9.86. The molecule has 2 unspecified atom stereocenters. The summed E-state index contributed by atoms with van der Waals surface area (Å²) in [7, 11) is 1.68. The highest BCUT2D eigenvalue weighted by Gasteiger charge is 2.13. The van der Waals surface area contributed by atoms with Crippen molar-refractivity contribution in [3.05, 3.63) is 42.1 Å². The molecule has 0 bridgehead atoms. The van der Waals surface area contributed by atoms with Crippen molar-refractivity contribution in [3.8, 4) is 0 Å². The second-order valence-electron chi connectivity index (χ2n) is 4.77. The molecule has 1 heterocycles. The third-order valence-corrected chi connectivity index (χ3v) is 3.09. The molecule has 3 nitrogen and oxygen atoms in total. The monoisotopic (exact) mass is 245 g/mol. The highest BCUT2D eigenvalue weighted by atomic mass is 16.5. The summed E-state index contributed by atoms with van der Waals surface area (Å²) in [6.45, 7) is 2.74. The van der Waals surface area contributed by atoms with Crippen LogP contribution in [0.3, 0.4) is 0 Å². The van der Waals surface area contributed by atoms with Gasteiger partial charge in [-0.3, -0.25) is 4.98 Å². The summed E-state index contributed by atoms with van der Waals surface area (Å²) in [5.41, 5.74) is 1.84. The molecule has 0 saturated heterocycles. The molecule has 3 heteroatoms. The molecule has 0 aliphatic heterocycles. The van der Waals surface area contributed by atoms with Crippen molar-refractivity contribution in [2.75, 3.05) is 13.7 Å². The van der Waals surface area contributed by atoms with Gasteiger partial charge in [-0.25, -0.2) is 0 Å². The van der Waals surface area contributed by atoms with Crippen LogP contribution in [0.5, 0.6) is 0 Å². The van der Waals surface area contributed by atoms with E-state index in [-0.39, 0.29) is 0 Å². The highest BCUT2D eigenvalue weighted by molar-refractivity contribution is 5.78. The number of ether oxygens (including phenoxy) is 1. The third kappa shape index (κ3) is 3.06. The van der Waals surface area contributed by atoms with Crippen molar-refractivity contribution < 1.29 is 9.84 Å². The first-order valence-electron chi connectivity index (χ1n) is 6.22. The van der Waals surface area contributed by atoms with Crippen LogP contribution in [0, 0.1) is 5.92 Å². The lowest BCUT2D eigenvalue weighted by atomic mass is 9.98. The molecule has 2 aromatic rings. The van der Waals surface area contributed by atoms with E-state index in [1.807, 2.05) is 30.3 Å². The maximum absolute atomic E-state index is 10.2. The zero-order chi connectivity index (χ0) is 13.0. The fraction of sp³-hybridized carbons (Fsp3) is 0.400. The summed E-state index contributed by atoms with van der Waals surface area (Å²) in [6.07, 6.45) is 2.01. The zero-order valence-corrected chi connectivity index (χ0v) is 10.8. The minimum atomic E-state index is -0.457. The van der Waals surface area contributed by atoms with Gasteiger partial charge in [0.15, 0.2) is 0 Å². The topological polar surface area (TPSA) is 42.4 Å². The molecule has 18 heavy (non-hydrogen) atoms. The number of aliphatic hydroxyl groups excluding tert-OH is 1. The van der Waals surface area contributed by atoms with Gasteiger partial charge in [-0.1, -0.05) is 25.1 Å². The Hall–Kier alpha value is -1.45. The molecule has 0 spiro atoms. The first-order valence-corrected chi connectivity index (χ1v) is 6.22. The molecule has 0 amide bonds. The lowest BCUT2D eigenvalue weighted by Crippen LogP contribution is -2.09. The second kappa shape index (κ2) is 5.94. The normalized spacial score (nSPS) is 14.6. The maximum atomic E-state index is 10.2. The average molecular weight is 245 g/mol. The molecule has 1 N–H and O–H groups in total. The Morgan fingerprint density at radius 1 is 1.33 bits per heavy atom. The maximum Gasteiger partial charge on any atom is 0.0794 e. The Morgan fingerprint density at radius 2 is 2.17 bits per heavy atom. The quantitative estimate of drug-likeness (QED) is 0.880. The zero-order valence-electron chi connectivity index (χ0n) is 10.8. The van der Waals surface area contributed by atoms with Crippen LogP contribution < -0.4 is 0 Å². The number of methoxy groups -OCH3 is 1. The summed E-state index contributed by atoms with van der Waals surface area (Å²) in [5.74, 6) is 0.337. The molecule has 2 atom stereocenters. The fourth-order valence-corrected chi connectivity index (χ4v) is 2.16. The van der Waals surface area contributed by atoms with Crippen LogP contribution in [0.2, 0.25) is 0 Å². The minimum absolute atomic E-state index is 0.337. The summed E-state index contributed by atoms with van der Waals surface area (Å²) in [4.78, 5) is 4.30. The van der Waals surface area contributed by atoms with E-state index in [2.05, 4.69) is 11.9 Å². The standard InChI is InChI=1S/C15H19NO2/c1-11(10-18-2)8-15(17)13-6-5-12-4-3-7-16-14(12)9-13/h3-7,9,11,15,17H,8,10H2,1-2H3. The van der Waals surface area contributed by atoms with Crippen LogP contribution in [0.25, 0.3) is 10.9 Å². The molecule has 0 radical (unpaired) electrons. The van der Waals surface area contributed by atoms with Gasteiger partial charge in [0.1, 0.15) is 0 Å². The van der Waals surface area contributed by atoms with Crippen molar-refractivity contribution in [2.45, 2.75) is 19.4 Å². The van der Waals surface area contributed by atoms with Crippen molar-refractivity contribution in [2.24, 2.45) is 5.92 Å². The van der Waals surface area contributed by atoms with Gasteiger partial charge in [0.05, 0.1) is 11.6 Å². The molecule has 1 aromatic carbocycles. The Morgan fingerprint density at radius 3 is 2.94 bits per heavy atom. The van der Waals surface area contributed by atoms with Crippen LogP contribution in [0.4, 0.5) is 0 Å². The summed E-state index contributed by atoms with van der Waals surface area (Å²) in [5, 5.41) is 11.3. The van der Waals surface area contributed by atoms with Crippen LogP contribution in [-0.4, -0.2) is 23.8 Å². The first kappa shape index (κ1) is 13.0. The van der Waals surface area contributed by atoms with Gasteiger partial charge in [0.2, 0.25) is 0 Å². The lowest BCUT2D eigenvalue weighted by Gasteiger charge is -2.16. The molecule has 2 rings (SSSR count). The van der Waals surface area contributed by atoms with Gasteiger partial charge in [-0.2, -0.15) is 0 Å². The van der Waals surface area contributed by atoms with E-state index in [9.17, 15) is 5.11 Å². The number of aromatic nitrogens is 1. The molecule has 0 saturated carbocycles. The van der Waals surface area contributed by atoms with Crippen LogP contribution in [-0.2, 0) is 4.74 Å². The van der Waals surface area contributed by atoms with Gasteiger partial charge in [0.25, 0.3) is 0 Å². The SMILES string of the molecule is COCC(C)CC(O)c1ccc2cccnc2c1.